The second kappa shape index (κ2) is 8.11. The zero-order valence-corrected chi connectivity index (χ0v) is 11.9. The summed E-state index contributed by atoms with van der Waals surface area (Å²) in [5.74, 6) is 0.937. The van der Waals surface area contributed by atoms with Crippen LogP contribution in [-0.4, -0.2) is 32.9 Å². The van der Waals surface area contributed by atoms with Crippen LogP contribution in [0.25, 0.3) is 0 Å². The first-order valence-corrected chi connectivity index (χ1v) is 6.57. The lowest BCUT2D eigenvalue weighted by Crippen LogP contribution is -2.28. The van der Waals surface area contributed by atoms with E-state index in [0.717, 1.165) is 25.2 Å². The maximum atomic E-state index is 5.88. The summed E-state index contributed by atoms with van der Waals surface area (Å²) < 4.78 is 10.9. The number of nitrogens with one attached hydrogen (secondary N) is 1. The van der Waals surface area contributed by atoms with Gasteiger partial charge in [0.25, 0.3) is 0 Å². The first kappa shape index (κ1) is 15.0. The van der Waals surface area contributed by atoms with E-state index >= 15 is 0 Å². The van der Waals surface area contributed by atoms with Gasteiger partial charge in [0.1, 0.15) is 5.75 Å². The van der Waals surface area contributed by atoms with Crippen LogP contribution in [0.3, 0.4) is 0 Å². The van der Waals surface area contributed by atoms with E-state index in [1.807, 2.05) is 19.2 Å². The lowest BCUT2D eigenvalue weighted by Gasteiger charge is -2.18. The normalized spacial score (nSPS) is 14.2. The standard InChI is InChI=1S/C15H25NO2/c1-12(16-3)11-13(2)18-15-7-5-14(6-8-15)9-10-17-4/h5-8,12-13,16H,9-11H2,1-4H3. The van der Waals surface area contributed by atoms with E-state index in [1.54, 1.807) is 7.11 Å². The number of rotatable bonds is 8. The Morgan fingerprint density at radius 2 is 1.83 bits per heavy atom. The van der Waals surface area contributed by atoms with Crippen LogP contribution in [0.4, 0.5) is 0 Å². The fourth-order valence-electron chi connectivity index (χ4n) is 1.85. The first-order valence-electron chi connectivity index (χ1n) is 6.57. The van der Waals surface area contributed by atoms with Gasteiger partial charge in [-0.25, -0.2) is 0 Å². The molecule has 0 heterocycles. The molecule has 3 nitrogen and oxygen atoms in total. The molecule has 1 N–H and O–H groups in total. The van der Waals surface area contributed by atoms with Gasteiger partial charge in [-0.15, -0.1) is 0 Å². The second-order valence-corrected chi connectivity index (χ2v) is 4.74. The Morgan fingerprint density at radius 3 is 2.39 bits per heavy atom. The predicted octanol–water partition coefficient (Wildman–Crippen LogP) is 2.64. The molecule has 0 fully saturated rings. The zero-order chi connectivity index (χ0) is 13.4. The van der Waals surface area contributed by atoms with Gasteiger partial charge < -0.3 is 14.8 Å². The third kappa shape index (κ3) is 5.52. The van der Waals surface area contributed by atoms with Crippen LogP contribution in [0.1, 0.15) is 25.8 Å². The summed E-state index contributed by atoms with van der Waals surface area (Å²) in [5.41, 5.74) is 1.28. The van der Waals surface area contributed by atoms with Gasteiger partial charge in [-0.3, -0.25) is 0 Å². The molecule has 0 radical (unpaired) electrons. The van der Waals surface area contributed by atoms with Gasteiger partial charge >= 0.3 is 0 Å². The van der Waals surface area contributed by atoms with Gasteiger partial charge in [0.2, 0.25) is 0 Å². The van der Waals surface area contributed by atoms with Crippen molar-refractivity contribution >= 4 is 0 Å². The van der Waals surface area contributed by atoms with Crippen molar-refractivity contribution in [3.05, 3.63) is 29.8 Å². The van der Waals surface area contributed by atoms with Crippen LogP contribution in [0.15, 0.2) is 24.3 Å². The van der Waals surface area contributed by atoms with Crippen molar-refractivity contribution in [2.24, 2.45) is 0 Å². The summed E-state index contributed by atoms with van der Waals surface area (Å²) in [6.07, 6.45) is 2.17. The van der Waals surface area contributed by atoms with Crippen LogP contribution in [-0.2, 0) is 11.2 Å². The van der Waals surface area contributed by atoms with Gasteiger partial charge in [-0.1, -0.05) is 12.1 Å². The molecule has 0 spiro atoms. The van der Waals surface area contributed by atoms with Gasteiger partial charge in [-0.05, 0) is 51.4 Å². The molecule has 0 saturated heterocycles. The van der Waals surface area contributed by atoms with Crippen molar-refractivity contribution in [1.29, 1.82) is 0 Å². The van der Waals surface area contributed by atoms with E-state index in [2.05, 4.69) is 31.3 Å². The number of hydrogen-bond acceptors (Lipinski definition) is 3. The number of benzene rings is 1. The minimum atomic E-state index is 0.220. The third-order valence-corrected chi connectivity index (χ3v) is 3.03. The fourth-order valence-corrected chi connectivity index (χ4v) is 1.85. The molecule has 0 aromatic heterocycles. The van der Waals surface area contributed by atoms with E-state index in [0.29, 0.717) is 6.04 Å². The highest BCUT2D eigenvalue weighted by Crippen LogP contribution is 2.15. The quantitative estimate of drug-likeness (QED) is 0.770. The monoisotopic (exact) mass is 251 g/mol. The molecule has 0 bridgehead atoms. The third-order valence-electron chi connectivity index (χ3n) is 3.03. The van der Waals surface area contributed by atoms with Crippen molar-refractivity contribution < 1.29 is 9.47 Å². The number of ether oxygens (including phenoxy) is 2. The van der Waals surface area contributed by atoms with Gasteiger partial charge in [-0.2, -0.15) is 0 Å². The Balaban J connectivity index is 2.42. The van der Waals surface area contributed by atoms with E-state index in [9.17, 15) is 0 Å². The Kier molecular flexibility index (Phi) is 6.76. The Morgan fingerprint density at radius 1 is 1.17 bits per heavy atom. The second-order valence-electron chi connectivity index (χ2n) is 4.74. The SMILES string of the molecule is CNC(C)CC(C)Oc1ccc(CCOC)cc1. The Labute approximate surface area is 110 Å². The molecule has 2 unspecified atom stereocenters. The van der Waals surface area contributed by atoms with E-state index in [1.165, 1.54) is 5.56 Å². The highest BCUT2D eigenvalue weighted by atomic mass is 16.5. The van der Waals surface area contributed by atoms with E-state index in [-0.39, 0.29) is 6.10 Å². The minimum Gasteiger partial charge on any atom is -0.491 e. The molecule has 0 aliphatic rings. The Hall–Kier alpha value is -1.06. The molecule has 0 saturated carbocycles. The average Bonchev–Trinajstić information content (AvgIpc) is 2.37. The molecule has 1 aromatic rings. The van der Waals surface area contributed by atoms with Crippen LogP contribution < -0.4 is 10.1 Å². The van der Waals surface area contributed by atoms with E-state index in [4.69, 9.17) is 9.47 Å². The molecular formula is C15H25NO2. The molecule has 3 heteroatoms. The molecule has 0 amide bonds. The van der Waals surface area contributed by atoms with Crippen molar-refractivity contribution in [2.75, 3.05) is 20.8 Å². The van der Waals surface area contributed by atoms with Crippen molar-refractivity contribution in [3.8, 4) is 5.75 Å². The summed E-state index contributed by atoms with van der Waals surface area (Å²) in [6, 6.07) is 8.74. The summed E-state index contributed by atoms with van der Waals surface area (Å²) in [5, 5.41) is 3.22. The molecule has 2 atom stereocenters. The van der Waals surface area contributed by atoms with Gasteiger partial charge in [0.15, 0.2) is 0 Å². The largest absolute Gasteiger partial charge is 0.491 e. The molecule has 0 aliphatic heterocycles. The summed E-state index contributed by atoms with van der Waals surface area (Å²) in [6.45, 7) is 5.02. The topological polar surface area (TPSA) is 30.5 Å². The summed E-state index contributed by atoms with van der Waals surface area (Å²) >= 11 is 0. The molecule has 1 rings (SSSR count). The highest BCUT2D eigenvalue weighted by Gasteiger charge is 2.08. The molecule has 18 heavy (non-hydrogen) atoms. The smallest absolute Gasteiger partial charge is 0.119 e. The molecule has 0 aliphatic carbocycles. The first-order chi connectivity index (χ1) is 8.65. The fraction of sp³-hybridized carbons (Fsp3) is 0.600. The van der Waals surface area contributed by atoms with Crippen LogP contribution in [0, 0.1) is 0 Å². The van der Waals surface area contributed by atoms with Crippen LogP contribution in [0.2, 0.25) is 0 Å². The maximum Gasteiger partial charge on any atom is 0.119 e. The average molecular weight is 251 g/mol. The summed E-state index contributed by atoms with van der Waals surface area (Å²) in [7, 11) is 3.70. The molecule has 102 valence electrons. The minimum absolute atomic E-state index is 0.220. The number of methoxy groups -OCH3 is 1. The lowest BCUT2D eigenvalue weighted by molar-refractivity contribution is 0.197. The highest BCUT2D eigenvalue weighted by molar-refractivity contribution is 5.27. The summed E-state index contributed by atoms with van der Waals surface area (Å²) in [4.78, 5) is 0. The van der Waals surface area contributed by atoms with Crippen molar-refractivity contribution in [1.82, 2.24) is 5.32 Å². The van der Waals surface area contributed by atoms with E-state index < -0.39 is 0 Å². The van der Waals surface area contributed by atoms with Gasteiger partial charge in [0, 0.05) is 13.2 Å². The maximum absolute atomic E-state index is 5.88. The predicted molar refractivity (Wildman–Crippen MR) is 75.3 cm³/mol. The molecule has 1 aromatic carbocycles. The van der Waals surface area contributed by atoms with Gasteiger partial charge in [0.05, 0.1) is 12.7 Å². The van der Waals surface area contributed by atoms with Crippen molar-refractivity contribution in [3.63, 3.8) is 0 Å². The Bertz CT molecular complexity index is 324. The lowest BCUT2D eigenvalue weighted by atomic mass is 10.1. The van der Waals surface area contributed by atoms with Crippen LogP contribution in [0.5, 0.6) is 5.75 Å². The zero-order valence-electron chi connectivity index (χ0n) is 11.9. The number of hydrogen-bond donors (Lipinski definition) is 1. The molecular weight excluding hydrogens is 226 g/mol. The van der Waals surface area contributed by atoms with Crippen molar-refractivity contribution in [2.45, 2.75) is 38.8 Å². The van der Waals surface area contributed by atoms with Crippen LogP contribution >= 0.6 is 0 Å².